The minimum absolute atomic E-state index is 0.0803. The number of imidazole rings is 1. The molecule has 1 N–H and O–H groups in total. The highest BCUT2D eigenvalue weighted by Gasteiger charge is 2.14. The number of aryl methyl sites for hydroxylation is 2. The summed E-state index contributed by atoms with van der Waals surface area (Å²) in [5, 5.41) is 14.2. The van der Waals surface area contributed by atoms with Gasteiger partial charge < -0.3 is 9.67 Å². The van der Waals surface area contributed by atoms with Crippen molar-refractivity contribution in [3.63, 3.8) is 0 Å². The molecule has 0 amide bonds. The molecule has 5 nitrogen and oxygen atoms in total. The molecular formula is C11H15ClN4O. The van der Waals surface area contributed by atoms with E-state index in [1.54, 1.807) is 10.9 Å². The van der Waals surface area contributed by atoms with Crippen molar-refractivity contribution < 1.29 is 5.11 Å². The summed E-state index contributed by atoms with van der Waals surface area (Å²) in [4.78, 5) is 4.06. The maximum atomic E-state index is 9.14. The Morgan fingerprint density at radius 3 is 2.82 bits per heavy atom. The zero-order valence-electron chi connectivity index (χ0n) is 9.89. The van der Waals surface area contributed by atoms with Crippen LogP contribution < -0.4 is 0 Å². The summed E-state index contributed by atoms with van der Waals surface area (Å²) in [5.41, 5.74) is 1.83. The van der Waals surface area contributed by atoms with Crippen molar-refractivity contribution in [3.05, 3.63) is 34.6 Å². The number of hydrogen-bond donors (Lipinski definition) is 1. The highest BCUT2D eigenvalue weighted by Crippen LogP contribution is 2.21. The molecule has 0 unspecified atom stereocenters. The number of halogens is 1. The molecule has 0 saturated heterocycles. The second-order valence-corrected chi connectivity index (χ2v) is 4.19. The van der Waals surface area contributed by atoms with E-state index in [9.17, 15) is 0 Å². The Morgan fingerprint density at radius 1 is 1.47 bits per heavy atom. The van der Waals surface area contributed by atoms with Crippen LogP contribution >= 0.6 is 11.6 Å². The second-order valence-electron chi connectivity index (χ2n) is 3.81. The van der Waals surface area contributed by atoms with Crippen LogP contribution in [0, 0.1) is 0 Å². The molecule has 6 heteroatoms. The zero-order valence-corrected chi connectivity index (χ0v) is 10.6. The van der Waals surface area contributed by atoms with Gasteiger partial charge in [-0.15, -0.1) is 0 Å². The predicted octanol–water partition coefficient (Wildman–Crippen LogP) is 1.37. The number of aliphatic hydroxyl groups is 1. The summed E-state index contributed by atoms with van der Waals surface area (Å²) in [5.74, 6) is 0.625. The number of hydrogen-bond acceptors (Lipinski definition) is 3. The summed E-state index contributed by atoms with van der Waals surface area (Å²) in [6, 6.07) is 0. The molecule has 0 aliphatic carbocycles. The molecule has 2 aromatic heterocycles. The summed E-state index contributed by atoms with van der Waals surface area (Å²) < 4.78 is 3.64. The predicted molar refractivity (Wildman–Crippen MR) is 64.8 cm³/mol. The average Bonchev–Trinajstić information content (AvgIpc) is 2.88. The first-order valence-corrected chi connectivity index (χ1v) is 5.86. The van der Waals surface area contributed by atoms with Gasteiger partial charge in [0.2, 0.25) is 0 Å². The maximum Gasteiger partial charge on any atom is 0.134 e. The first kappa shape index (κ1) is 12.1. The minimum atomic E-state index is -0.0803. The molecule has 0 saturated carbocycles. The lowest BCUT2D eigenvalue weighted by Crippen LogP contribution is -2.08. The summed E-state index contributed by atoms with van der Waals surface area (Å²) >= 11 is 6.26. The summed E-state index contributed by atoms with van der Waals surface area (Å²) in [7, 11) is 1.87. The molecule has 0 radical (unpaired) electrons. The van der Waals surface area contributed by atoms with Gasteiger partial charge in [-0.2, -0.15) is 5.10 Å². The van der Waals surface area contributed by atoms with Crippen LogP contribution in [0.15, 0.2) is 12.4 Å². The van der Waals surface area contributed by atoms with Gasteiger partial charge >= 0.3 is 0 Å². The fourth-order valence-electron chi connectivity index (χ4n) is 1.79. The van der Waals surface area contributed by atoms with Gasteiger partial charge in [0.1, 0.15) is 12.4 Å². The zero-order chi connectivity index (χ0) is 12.4. The highest BCUT2D eigenvalue weighted by molar-refractivity contribution is 6.31. The molecule has 0 atom stereocenters. The van der Waals surface area contributed by atoms with Crippen LogP contribution in [0.1, 0.15) is 24.1 Å². The van der Waals surface area contributed by atoms with E-state index in [1.165, 1.54) is 0 Å². The third kappa shape index (κ3) is 2.21. The standard InChI is InChI=1S/C11H15ClN4O/c1-3-8-11(12)9(15(2)14-8)6-16-5-4-13-10(16)7-17/h4-5,17H,3,6-7H2,1-2H3. The average molecular weight is 255 g/mol. The first-order valence-electron chi connectivity index (χ1n) is 5.48. The fourth-order valence-corrected chi connectivity index (χ4v) is 2.14. The Hall–Kier alpha value is -1.33. The van der Waals surface area contributed by atoms with Gasteiger partial charge in [-0.1, -0.05) is 18.5 Å². The van der Waals surface area contributed by atoms with E-state index in [0.29, 0.717) is 17.4 Å². The van der Waals surface area contributed by atoms with Gasteiger partial charge in [0, 0.05) is 19.4 Å². The van der Waals surface area contributed by atoms with Crippen molar-refractivity contribution in [3.8, 4) is 0 Å². The summed E-state index contributed by atoms with van der Waals surface area (Å²) in [6.07, 6.45) is 4.29. The lowest BCUT2D eigenvalue weighted by Gasteiger charge is -2.06. The van der Waals surface area contributed by atoms with Gasteiger partial charge in [-0.3, -0.25) is 4.68 Å². The number of aliphatic hydroxyl groups excluding tert-OH is 1. The highest BCUT2D eigenvalue weighted by atomic mass is 35.5. The molecule has 0 bridgehead atoms. The van der Waals surface area contributed by atoms with Crippen LogP contribution in [-0.4, -0.2) is 24.4 Å². The third-order valence-electron chi connectivity index (χ3n) is 2.77. The topological polar surface area (TPSA) is 55.9 Å². The SMILES string of the molecule is CCc1nn(C)c(Cn2ccnc2CO)c1Cl. The van der Waals surface area contributed by atoms with E-state index >= 15 is 0 Å². The van der Waals surface area contributed by atoms with Crippen molar-refractivity contribution in [1.82, 2.24) is 19.3 Å². The smallest absolute Gasteiger partial charge is 0.134 e. The van der Waals surface area contributed by atoms with Crippen molar-refractivity contribution in [2.75, 3.05) is 0 Å². The molecular weight excluding hydrogens is 240 g/mol. The molecule has 2 aromatic rings. The monoisotopic (exact) mass is 254 g/mol. The largest absolute Gasteiger partial charge is 0.388 e. The molecule has 0 aromatic carbocycles. The van der Waals surface area contributed by atoms with Crippen LogP contribution in [0.2, 0.25) is 5.02 Å². The number of rotatable bonds is 4. The van der Waals surface area contributed by atoms with E-state index in [1.807, 2.05) is 24.7 Å². The summed E-state index contributed by atoms with van der Waals surface area (Å²) in [6.45, 7) is 2.51. The maximum absolute atomic E-state index is 9.14. The van der Waals surface area contributed by atoms with Gasteiger partial charge in [0.25, 0.3) is 0 Å². The molecule has 0 aliphatic rings. The van der Waals surface area contributed by atoms with Gasteiger partial charge in [0.15, 0.2) is 0 Å². The molecule has 92 valence electrons. The van der Waals surface area contributed by atoms with Crippen LogP contribution in [0.3, 0.4) is 0 Å². The third-order valence-corrected chi connectivity index (χ3v) is 3.20. The molecule has 0 aliphatic heterocycles. The molecule has 2 rings (SSSR count). The van der Waals surface area contributed by atoms with Crippen molar-refractivity contribution in [2.45, 2.75) is 26.5 Å². The van der Waals surface area contributed by atoms with Crippen molar-refractivity contribution in [1.29, 1.82) is 0 Å². The van der Waals surface area contributed by atoms with Crippen molar-refractivity contribution in [2.24, 2.45) is 7.05 Å². The number of nitrogens with zero attached hydrogens (tertiary/aromatic N) is 4. The lowest BCUT2D eigenvalue weighted by atomic mass is 10.3. The normalized spacial score (nSPS) is 11.1. The quantitative estimate of drug-likeness (QED) is 0.897. The van der Waals surface area contributed by atoms with Crippen LogP contribution in [0.5, 0.6) is 0 Å². The van der Waals surface area contributed by atoms with E-state index in [-0.39, 0.29) is 6.61 Å². The van der Waals surface area contributed by atoms with E-state index in [2.05, 4.69) is 10.1 Å². The van der Waals surface area contributed by atoms with E-state index < -0.39 is 0 Å². The van der Waals surface area contributed by atoms with Crippen molar-refractivity contribution >= 4 is 11.6 Å². The minimum Gasteiger partial charge on any atom is -0.388 e. The fraction of sp³-hybridized carbons (Fsp3) is 0.455. The molecule has 2 heterocycles. The van der Waals surface area contributed by atoms with Crippen LogP contribution in [0.4, 0.5) is 0 Å². The van der Waals surface area contributed by atoms with E-state index in [0.717, 1.165) is 17.8 Å². The Balaban J connectivity index is 2.33. The number of aromatic nitrogens is 4. The van der Waals surface area contributed by atoms with Gasteiger partial charge in [0.05, 0.1) is 23.0 Å². The Morgan fingerprint density at radius 2 is 2.24 bits per heavy atom. The van der Waals surface area contributed by atoms with Gasteiger partial charge in [-0.05, 0) is 6.42 Å². The van der Waals surface area contributed by atoms with Gasteiger partial charge in [-0.25, -0.2) is 4.98 Å². The van der Waals surface area contributed by atoms with Crippen LogP contribution in [-0.2, 0) is 26.6 Å². The first-order chi connectivity index (χ1) is 8.17. The van der Waals surface area contributed by atoms with E-state index in [4.69, 9.17) is 16.7 Å². The molecule has 0 fully saturated rings. The Labute approximate surface area is 105 Å². The Kier molecular flexibility index (Phi) is 3.49. The lowest BCUT2D eigenvalue weighted by molar-refractivity contribution is 0.266. The molecule has 0 spiro atoms. The Bertz CT molecular complexity index is 518. The molecule has 17 heavy (non-hydrogen) atoms. The second kappa shape index (κ2) is 4.89. The van der Waals surface area contributed by atoms with Crippen LogP contribution in [0.25, 0.3) is 0 Å².